The van der Waals surface area contributed by atoms with Crippen molar-refractivity contribution < 1.29 is 14.6 Å². The SMILES string of the molecule is COc1ccc(-n2cc(C(C)C)c(=O)c(C(=O)O)n2)cc1. The average molecular weight is 288 g/mol. The van der Waals surface area contributed by atoms with Crippen molar-refractivity contribution in [2.24, 2.45) is 0 Å². The molecule has 2 aromatic rings. The normalized spacial score (nSPS) is 10.7. The molecule has 0 atom stereocenters. The second-order valence-electron chi connectivity index (χ2n) is 4.86. The van der Waals surface area contributed by atoms with Crippen molar-refractivity contribution in [3.63, 3.8) is 0 Å². The smallest absolute Gasteiger partial charge is 0.360 e. The van der Waals surface area contributed by atoms with E-state index in [9.17, 15) is 9.59 Å². The maximum absolute atomic E-state index is 12.1. The molecule has 0 saturated heterocycles. The molecule has 0 radical (unpaired) electrons. The van der Waals surface area contributed by atoms with E-state index in [1.165, 1.54) is 4.68 Å². The largest absolute Gasteiger partial charge is 0.497 e. The van der Waals surface area contributed by atoms with Crippen LogP contribution in [0.25, 0.3) is 5.69 Å². The van der Waals surface area contributed by atoms with Crippen LogP contribution in [0.5, 0.6) is 5.75 Å². The van der Waals surface area contributed by atoms with Gasteiger partial charge in [-0.05, 0) is 30.2 Å². The molecule has 0 spiro atoms. The van der Waals surface area contributed by atoms with E-state index in [1.807, 2.05) is 13.8 Å². The maximum atomic E-state index is 12.1. The highest BCUT2D eigenvalue weighted by atomic mass is 16.5. The van der Waals surface area contributed by atoms with Gasteiger partial charge in [-0.2, -0.15) is 5.10 Å². The molecule has 1 aromatic heterocycles. The molecule has 1 aromatic carbocycles. The molecule has 1 N–H and O–H groups in total. The fourth-order valence-corrected chi connectivity index (χ4v) is 1.93. The van der Waals surface area contributed by atoms with Crippen molar-refractivity contribution in [3.8, 4) is 11.4 Å². The summed E-state index contributed by atoms with van der Waals surface area (Å²) in [5.74, 6) is -0.741. The van der Waals surface area contributed by atoms with Crippen molar-refractivity contribution in [2.45, 2.75) is 19.8 Å². The zero-order valence-corrected chi connectivity index (χ0v) is 12.0. The van der Waals surface area contributed by atoms with E-state index < -0.39 is 17.1 Å². The van der Waals surface area contributed by atoms with E-state index >= 15 is 0 Å². The van der Waals surface area contributed by atoms with E-state index in [2.05, 4.69) is 5.10 Å². The predicted octanol–water partition coefficient (Wildman–Crippen LogP) is 2.06. The fourth-order valence-electron chi connectivity index (χ4n) is 1.93. The second-order valence-corrected chi connectivity index (χ2v) is 4.86. The lowest BCUT2D eigenvalue weighted by atomic mass is 10.0. The maximum Gasteiger partial charge on any atom is 0.360 e. The minimum absolute atomic E-state index is 0.0944. The highest BCUT2D eigenvalue weighted by Crippen LogP contribution is 2.16. The summed E-state index contributed by atoms with van der Waals surface area (Å²) in [6.07, 6.45) is 1.57. The van der Waals surface area contributed by atoms with Crippen molar-refractivity contribution in [3.05, 3.63) is 51.9 Å². The molecule has 6 nitrogen and oxygen atoms in total. The number of carbonyl (C=O) groups is 1. The zero-order chi connectivity index (χ0) is 15.6. The first-order valence-electron chi connectivity index (χ1n) is 6.45. The van der Waals surface area contributed by atoms with Crippen LogP contribution in [0.3, 0.4) is 0 Å². The van der Waals surface area contributed by atoms with Crippen molar-refractivity contribution in [2.75, 3.05) is 7.11 Å². The second kappa shape index (κ2) is 5.78. The summed E-state index contributed by atoms with van der Waals surface area (Å²) in [5, 5.41) is 13.0. The van der Waals surface area contributed by atoms with E-state index in [0.29, 0.717) is 17.0 Å². The molecule has 2 rings (SSSR count). The van der Waals surface area contributed by atoms with Gasteiger partial charge in [-0.25, -0.2) is 9.48 Å². The Morgan fingerprint density at radius 3 is 2.38 bits per heavy atom. The van der Waals surface area contributed by atoms with Gasteiger partial charge in [-0.15, -0.1) is 0 Å². The van der Waals surface area contributed by atoms with Crippen molar-refractivity contribution >= 4 is 5.97 Å². The van der Waals surface area contributed by atoms with Gasteiger partial charge in [0.25, 0.3) is 0 Å². The van der Waals surface area contributed by atoms with Gasteiger partial charge in [0.15, 0.2) is 0 Å². The van der Waals surface area contributed by atoms with Crippen LogP contribution in [0.1, 0.15) is 35.8 Å². The molecule has 0 unspecified atom stereocenters. The highest BCUT2D eigenvalue weighted by molar-refractivity contribution is 5.85. The van der Waals surface area contributed by atoms with Gasteiger partial charge >= 0.3 is 5.97 Å². The summed E-state index contributed by atoms with van der Waals surface area (Å²) in [6.45, 7) is 3.67. The molecule has 0 aliphatic rings. The number of methoxy groups -OCH3 is 1. The quantitative estimate of drug-likeness (QED) is 0.931. The number of benzene rings is 1. The highest BCUT2D eigenvalue weighted by Gasteiger charge is 2.18. The number of aromatic nitrogens is 2. The van der Waals surface area contributed by atoms with Gasteiger partial charge in [-0.1, -0.05) is 13.8 Å². The molecule has 0 saturated carbocycles. The molecular weight excluding hydrogens is 272 g/mol. The fraction of sp³-hybridized carbons (Fsp3) is 0.267. The van der Waals surface area contributed by atoms with Gasteiger partial charge < -0.3 is 9.84 Å². The van der Waals surface area contributed by atoms with Crippen LogP contribution < -0.4 is 10.2 Å². The van der Waals surface area contributed by atoms with E-state index in [-0.39, 0.29) is 5.92 Å². The van der Waals surface area contributed by atoms with Crippen LogP contribution in [0.2, 0.25) is 0 Å². The number of aromatic carboxylic acids is 1. The van der Waals surface area contributed by atoms with Crippen LogP contribution in [-0.4, -0.2) is 28.0 Å². The van der Waals surface area contributed by atoms with Gasteiger partial charge in [-0.3, -0.25) is 4.79 Å². The minimum Gasteiger partial charge on any atom is -0.497 e. The third-order valence-corrected chi connectivity index (χ3v) is 3.11. The van der Waals surface area contributed by atoms with Gasteiger partial charge in [0, 0.05) is 11.8 Å². The van der Waals surface area contributed by atoms with Crippen LogP contribution in [0, 0.1) is 0 Å². The van der Waals surface area contributed by atoms with Crippen LogP contribution in [0.15, 0.2) is 35.3 Å². The minimum atomic E-state index is -1.33. The Bertz CT molecular complexity index is 717. The van der Waals surface area contributed by atoms with Gasteiger partial charge in [0.1, 0.15) is 5.75 Å². The Balaban J connectivity index is 2.62. The molecule has 0 bridgehead atoms. The van der Waals surface area contributed by atoms with E-state index in [1.54, 1.807) is 37.6 Å². The van der Waals surface area contributed by atoms with E-state index in [4.69, 9.17) is 9.84 Å². The Hall–Kier alpha value is -2.63. The average Bonchev–Trinajstić information content (AvgIpc) is 2.47. The third-order valence-electron chi connectivity index (χ3n) is 3.11. The lowest BCUT2D eigenvalue weighted by molar-refractivity contribution is 0.0686. The number of hydrogen-bond donors (Lipinski definition) is 1. The van der Waals surface area contributed by atoms with Crippen LogP contribution in [-0.2, 0) is 0 Å². The summed E-state index contributed by atoms with van der Waals surface area (Å²) in [7, 11) is 1.56. The molecule has 0 aliphatic heterocycles. The van der Waals surface area contributed by atoms with Gasteiger partial charge in [0.05, 0.1) is 12.8 Å². The van der Waals surface area contributed by atoms with Crippen LogP contribution >= 0.6 is 0 Å². The molecule has 6 heteroatoms. The predicted molar refractivity (Wildman–Crippen MR) is 77.4 cm³/mol. The Morgan fingerprint density at radius 2 is 1.90 bits per heavy atom. The van der Waals surface area contributed by atoms with Crippen LogP contribution in [0.4, 0.5) is 0 Å². The number of ether oxygens (including phenoxy) is 1. The Kier molecular flexibility index (Phi) is 4.07. The molecule has 0 aliphatic carbocycles. The molecule has 1 heterocycles. The number of carboxylic acids is 1. The first-order chi connectivity index (χ1) is 9.93. The summed E-state index contributed by atoms with van der Waals surface area (Å²) in [6, 6.07) is 6.97. The van der Waals surface area contributed by atoms with Gasteiger partial charge in [0.2, 0.25) is 11.1 Å². The molecule has 21 heavy (non-hydrogen) atoms. The standard InChI is InChI=1S/C15H16N2O4/c1-9(2)12-8-17(16-13(14(12)18)15(19)20)10-4-6-11(21-3)7-5-10/h4-9H,1-3H3,(H,19,20). The number of carboxylic acid groups (broad SMARTS) is 1. The number of rotatable bonds is 4. The third kappa shape index (κ3) is 2.94. The van der Waals surface area contributed by atoms with Crippen molar-refractivity contribution in [1.82, 2.24) is 9.78 Å². The first kappa shape index (κ1) is 14.8. The summed E-state index contributed by atoms with van der Waals surface area (Å²) in [5.41, 5.74) is 0.0534. The topological polar surface area (TPSA) is 81.4 Å². The number of nitrogens with zero attached hydrogens (tertiary/aromatic N) is 2. The van der Waals surface area contributed by atoms with Crippen molar-refractivity contribution in [1.29, 1.82) is 0 Å². The lowest BCUT2D eigenvalue weighted by Crippen LogP contribution is -2.25. The summed E-state index contributed by atoms with van der Waals surface area (Å²) >= 11 is 0. The Morgan fingerprint density at radius 1 is 1.29 bits per heavy atom. The molecule has 0 fully saturated rings. The Labute approximate surface area is 121 Å². The first-order valence-corrected chi connectivity index (χ1v) is 6.45. The molecular formula is C15H16N2O4. The summed E-state index contributed by atoms with van der Waals surface area (Å²) in [4.78, 5) is 23.2. The molecule has 0 amide bonds. The summed E-state index contributed by atoms with van der Waals surface area (Å²) < 4.78 is 6.48. The number of hydrogen-bond acceptors (Lipinski definition) is 4. The lowest BCUT2D eigenvalue weighted by Gasteiger charge is -2.11. The zero-order valence-electron chi connectivity index (χ0n) is 12.0. The molecule has 110 valence electrons. The van der Waals surface area contributed by atoms with E-state index in [0.717, 1.165) is 0 Å². The monoisotopic (exact) mass is 288 g/mol.